The molecule has 1 amide bonds. The topological polar surface area (TPSA) is 105 Å². The lowest BCUT2D eigenvalue weighted by Crippen LogP contribution is -2.48. The van der Waals surface area contributed by atoms with E-state index in [1.807, 2.05) is 0 Å². The number of pyridine rings is 1. The third kappa shape index (κ3) is 3.25. The highest BCUT2D eigenvalue weighted by atomic mass is 16.4. The van der Waals surface area contributed by atoms with E-state index < -0.39 is 17.4 Å². The van der Waals surface area contributed by atoms with Crippen LogP contribution in [0.15, 0.2) is 24.4 Å². The van der Waals surface area contributed by atoms with Crippen molar-refractivity contribution in [1.82, 2.24) is 10.3 Å². The molecule has 17 heavy (non-hydrogen) atoms. The first-order valence-electron chi connectivity index (χ1n) is 5.15. The fraction of sp³-hybridized carbons (Fsp3) is 0.364. The maximum atomic E-state index is 11.3. The summed E-state index contributed by atoms with van der Waals surface area (Å²) < 4.78 is 0. The second-order valence-corrected chi connectivity index (χ2v) is 3.79. The van der Waals surface area contributed by atoms with Crippen molar-refractivity contribution in [1.29, 1.82) is 0 Å². The van der Waals surface area contributed by atoms with Gasteiger partial charge in [0.25, 0.3) is 0 Å². The second kappa shape index (κ2) is 5.40. The number of carboxylic acid groups (broad SMARTS) is 1. The summed E-state index contributed by atoms with van der Waals surface area (Å²) in [6.45, 7) is 1.69. The predicted molar refractivity (Wildman–Crippen MR) is 61.0 cm³/mol. The molecule has 0 fully saturated rings. The van der Waals surface area contributed by atoms with E-state index in [4.69, 9.17) is 5.73 Å². The number of nitrogens with two attached hydrogens (primary N) is 1. The zero-order valence-corrected chi connectivity index (χ0v) is 9.51. The first-order chi connectivity index (χ1) is 7.97. The number of hydrogen-bond donors (Lipinski definition) is 3. The molecule has 6 heteroatoms. The van der Waals surface area contributed by atoms with Crippen LogP contribution in [0.1, 0.15) is 19.0 Å². The van der Waals surface area contributed by atoms with Crippen LogP contribution in [-0.4, -0.2) is 28.5 Å². The molecule has 0 radical (unpaired) electrons. The highest BCUT2D eigenvalue weighted by molar-refractivity contribution is 5.79. The molecule has 6 nitrogen and oxygen atoms in total. The molecule has 0 saturated carbocycles. The number of carbonyl (C=O) groups excluding carboxylic acids is 1. The number of nitrogens with zero attached hydrogens (tertiary/aromatic N) is 1. The molecular weight excluding hydrogens is 222 g/mol. The summed E-state index contributed by atoms with van der Waals surface area (Å²) in [4.78, 5) is 25.9. The van der Waals surface area contributed by atoms with Gasteiger partial charge in [0.2, 0.25) is 5.91 Å². The predicted octanol–water partition coefficient (Wildman–Crippen LogP) is -0.154. The van der Waals surface area contributed by atoms with E-state index in [2.05, 4.69) is 10.3 Å². The van der Waals surface area contributed by atoms with E-state index in [9.17, 15) is 14.7 Å². The van der Waals surface area contributed by atoms with Crippen LogP contribution < -0.4 is 11.1 Å². The van der Waals surface area contributed by atoms with Gasteiger partial charge in [-0.25, -0.2) is 4.79 Å². The Morgan fingerprint density at radius 3 is 2.71 bits per heavy atom. The van der Waals surface area contributed by atoms with Gasteiger partial charge in [-0.1, -0.05) is 6.07 Å². The molecule has 1 rings (SSSR count). The van der Waals surface area contributed by atoms with Crippen LogP contribution in [0.5, 0.6) is 0 Å². The van der Waals surface area contributed by atoms with Crippen molar-refractivity contribution >= 4 is 11.9 Å². The van der Waals surface area contributed by atoms with E-state index in [1.165, 1.54) is 13.1 Å². The number of rotatable bonds is 6. The zero-order chi connectivity index (χ0) is 12.9. The summed E-state index contributed by atoms with van der Waals surface area (Å²) in [5.41, 5.74) is 4.06. The molecule has 0 aromatic carbocycles. The summed E-state index contributed by atoms with van der Waals surface area (Å²) in [6.07, 6.45) is 1.60. The van der Waals surface area contributed by atoms with Crippen LogP contribution in [0.3, 0.4) is 0 Å². The number of aromatic nitrogens is 1. The van der Waals surface area contributed by atoms with Crippen molar-refractivity contribution in [3.05, 3.63) is 30.1 Å². The Balaban J connectivity index is 2.83. The lowest BCUT2D eigenvalue weighted by Gasteiger charge is -2.25. The van der Waals surface area contributed by atoms with Crippen molar-refractivity contribution in [3.63, 3.8) is 0 Å². The first-order valence-corrected chi connectivity index (χ1v) is 5.15. The molecule has 0 aliphatic rings. The van der Waals surface area contributed by atoms with Gasteiger partial charge in [0.05, 0.1) is 5.69 Å². The van der Waals surface area contributed by atoms with Crippen molar-refractivity contribution in [2.75, 3.05) is 6.54 Å². The molecule has 1 atom stereocenters. The van der Waals surface area contributed by atoms with Crippen LogP contribution in [0.2, 0.25) is 0 Å². The van der Waals surface area contributed by atoms with Gasteiger partial charge in [-0.3, -0.25) is 15.1 Å². The minimum absolute atomic E-state index is 0.0791. The van der Waals surface area contributed by atoms with Gasteiger partial charge in [-0.2, -0.15) is 0 Å². The minimum atomic E-state index is -1.32. The van der Waals surface area contributed by atoms with E-state index in [0.717, 1.165) is 0 Å². The highest BCUT2D eigenvalue weighted by Gasteiger charge is 2.35. The summed E-state index contributed by atoms with van der Waals surface area (Å²) >= 11 is 0. The Hall–Kier alpha value is -1.95. The summed E-state index contributed by atoms with van der Waals surface area (Å²) in [5.74, 6) is -1.54. The number of nitrogens with one attached hydrogen (secondary N) is 1. The number of carboxylic acids is 1. The van der Waals surface area contributed by atoms with E-state index in [-0.39, 0.29) is 13.0 Å². The molecule has 1 unspecified atom stereocenters. The number of primary amides is 1. The third-order valence-electron chi connectivity index (χ3n) is 2.45. The molecule has 0 aliphatic heterocycles. The van der Waals surface area contributed by atoms with Gasteiger partial charge >= 0.3 is 5.97 Å². The molecule has 1 aromatic heterocycles. The first kappa shape index (κ1) is 13.1. The Morgan fingerprint density at radius 2 is 2.24 bits per heavy atom. The largest absolute Gasteiger partial charge is 0.480 e. The van der Waals surface area contributed by atoms with Gasteiger partial charge in [-0.05, 0) is 19.1 Å². The molecular formula is C11H15N3O3. The van der Waals surface area contributed by atoms with Crippen LogP contribution in [0.25, 0.3) is 0 Å². The number of aliphatic carboxylic acids is 1. The summed E-state index contributed by atoms with van der Waals surface area (Å²) in [7, 11) is 0. The van der Waals surface area contributed by atoms with E-state index in [1.54, 1.807) is 18.2 Å². The zero-order valence-electron chi connectivity index (χ0n) is 9.51. The van der Waals surface area contributed by atoms with Gasteiger partial charge in [-0.15, -0.1) is 0 Å². The maximum Gasteiger partial charge on any atom is 0.329 e. The van der Waals surface area contributed by atoms with Crippen LogP contribution in [0.4, 0.5) is 0 Å². The monoisotopic (exact) mass is 237 g/mol. The van der Waals surface area contributed by atoms with Crippen molar-refractivity contribution in [3.8, 4) is 0 Å². The van der Waals surface area contributed by atoms with Crippen LogP contribution >= 0.6 is 0 Å². The highest BCUT2D eigenvalue weighted by Crippen LogP contribution is 2.18. The molecule has 0 saturated heterocycles. The minimum Gasteiger partial charge on any atom is -0.480 e. The number of hydrogen-bond acceptors (Lipinski definition) is 4. The third-order valence-corrected chi connectivity index (χ3v) is 2.45. The second-order valence-electron chi connectivity index (χ2n) is 3.79. The number of carbonyl (C=O) groups is 2. The Labute approximate surface area is 98.8 Å². The Kier molecular flexibility index (Phi) is 4.17. The standard InChI is InChI=1S/C11H15N3O3/c1-11(10(16)17,14-7-5-9(12)15)8-4-2-3-6-13-8/h2-4,6,14H,5,7H2,1H3,(H2,12,15)(H,16,17). The van der Waals surface area contributed by atoms with E-state index >= 15 is 0 Å². The maximum absolute atomic E-state index is 11.3. The summed E-state index contributed by atoms with van der Waals surface area (Å²) in [5, 5.41) is 12.0. The van der Waals surface area contributed by atoms with Gasteiger partial charge in [0.15, 0.2) is 5.54 Å². The van der Waals surface area contributed by atoms with Crippen molar-refractivity contribution in [2.24, 2.45) is 5.73 Å². The average Bonchev–Trinajstić information content (AvgIpc) is 2.29. The molecule has 0 spiro atoms. The van der Waals surface area contributed by atoms with Crippen molar-refractivity contribution < 1.29 is 14.7 Å². The Morgan fingerprint density at radius 1 is 1.53 bits per heavy atom. The molecule has 0 bridgehead atoms. The SMILES string of the molecule is CC(NCCC(N)=O)(C(=O)O)c1ccccn1. The van der Waals surface area contributed by atoms with Crippen LogP contribution in [0, 0.1) is 0 Å². The normalized spacial score (nSPS) is 13.9. The van der Waals surface area contributed by atoms with E-state index in [0.29, 0.717) is 5.69 Å². The fourth-order valence-corrected chi connectivity index (χ4v) is 1.37. The summed E-state index contributed by atoms with van der Waals surface area (Å²) in [6, 6.07) is 5.03. The molecule has 0 aliphatic carbocycles. The lowest BCUT2D eigenvalue weighted by atomic mass is 9.97. The lowest BCUT2D eigenvalue weighted by molar-refractivity contribution is -0.145. The number of amides is 1. The van der Waals surface area contributed by atoms with Crippen molar-refractivity contribution in [2.45, 2.75) is 18.9 Å². The van der Waals surface area contributed by atoms with Gasteiger partial charge in [0, 0.05) is 19.2 Å². The molecule has 92 valence electrons. The van der Waals surface area contributed by atoms with Gasteiger partial charge < -0.3 is 10.8 Å². The smallest absolute Gasteiger partial charge is 0.329 e. The molecule has 1 aromatic rings. The van der Waals surface area contributed by atoms with Crippen LogP contribution in [-0.2, 0) is 15.1 Å². The Bertz CT molecular complexity index is 408. The molecule has 4 N–H and O–H groups in total. The fourth-order valence-electron chi connectivity index (χ4n) is 1.37. The van der Waals surface area contributed by atoms with Gasteiger partial charge in [0.1, 0.15) is 0 Å². The quantitative estimate of drug-likeness (QED) is 0.638. The molecule has 1 heterocycles. The average molecular weight is 237 g/mol.